The summed E-state index contributed by atoms with van der Waals surface area (Å²) in [5.41, 5.74) is 2.90. The van der Waals surface area contributed by atoms with Gasteiger partial charge < -0.3 is 20.4 Å². The number of aryl methyl sites for hydroxylation is 2. The number of carbonyl (C=O) groups excluding carboxylic acids is 4. The molecule has 1 unspecified atom stereocenters. The van der Waals surface area contributed by atoms with Crippen LogP contribution in [0.5, 0.6) is 0 Å². The first-order valence-electron chi connectivity index (χ1n) is 13.2. The molecule has 4 rings (SSSR count). The summed E-state index contributed by atoms with van der Waals surface area (Å²) < 4.78 is 0. The lowest BCUT2D eigenvalue weighted by atomic mass is 9.80. The molecule has 0 aromatic heterocycles. The monoisotopic (exact) mass is 529 g/mol. The van der Waals surface area contributed by atoms with Crippen molar-refractivity contribution >= 4 is 35.0 Å². The maximum Gasteiger partial charge on any atom is 0.246 e. The fraction of sp³-hybridized carbons (Fsp3) is 0.433. The third-order valence-electron chi connectivity index (χ3n) is 7.81. The van der Waals surface area contributed by atoms with Gasteiger partial charge in [-0.15, -0.1) is 0 Å². The molecule has 2 aromatic carbocycles. The normalized spacial score (nSPS) is 20.4. The number of rotatable bonds is 7. The summed E-state index contributed by atoms with van der Waals surface area (Å²) in [7, 11) is 1.52. The van der Waals surface area contributed by atoms with Crippen LogP contribution in [0, 0.1) is 31.1 Å². The van der Waals surface area contributed by atoms with Crippen molar-refractivity contribution < 1.29 is 19.2 Å². The second-order valence-corrected chi connectivity index (χ2v) is 11.0. The third kappa shape index (κ3) is 5.24. The number of amides is 4. The zero-order valence-electron chi connectivity index (χ0n) is 23.1. The Morgan fingerprint density at radius 2 is 1.82 bits per heavy atom. The van der Waals surface area contributed by atoms with Crippen LogP contribution in [-0.2, 0) is 24.6 Å². The van der Waals surface area contributed by atoms with E-state index in [1.807, 2.05) is 70.2 Å². The number of nitriles is 1. The lowest BCUT2D eigenvalue weighted by Crippen LogP contribution is -2.52. The first kappa shape index (κ1) is 27.8. The quantitative estimate of drug-likeness (QED) is 0.532. The number of hydrogen-bond donors (Lipinski definition) is 2. The molecular weight excluding hydrogens is 494 g/mol. The Labute approximate surface area is 229 Å². The molecule has 2 aliphatic heterocycles. The van der Waals surface area contributed by atoms with Crippen LogP contribution in [0.1, 0.15) is 49.8 Å². The second kappa shape index (κ2) is 10.9. The van der Waals surface area contributed by atoms with Crippen LogP contribution in [0.2, 0.25) is 0 Å². The molecule has 0 radical (unpaired) electrons. The maximum atomic E-state index is 14.0. The molecule has 1 saturated heterocycles. The highest BCUT2D eigenvalue weighted by molar-refractivity contribution is 6.08. The maximum absolute atomic E-state index is 14.0. The van der Waals surface area contributed by atoms with E-state index in [0.29, 0.717) is 17.8 Å². The van der Waals surface area contributed by atoms with E-state index in [1.165, 1.54) is 16.8 Å². The Morgan fingerprint density at radius 3 is 2.46 bits per heavy atom. The highest BCUT2D eigenvalue weighted by Crippen LogP contribution is 2.46. The Morgan fingerprint density at radius 1 is 1.15 bits per heavy atom. The van der Waals surface area contributed by atoms with Crippen molar-refractivity contribution in [2.75, 3.05) is 24.2 Å². The number of fused-ring (bicyclic) bond motifs is 2. The van der Waals surface area contributed by atoms with Crippen molar-refractivity contribution in [1.82, 2.24) is 9.80 Å². The van der Waals surface area contributed by atoms with Gasteiger partial charge in [0, 0.05) is 31.4 Å². The molecule has 0 bridgehead atoms. The zero-order valence-corrected chi connectivity index (χ0v) is 23.1. The van der Waals surface area contributed by atoms with Crippen molar-refractivity contribution in [3.8, 4) is 6.07 Å². The van der Waals surface area contributed by atoms with Crippen LogP contribution in [0.4, 0.5) is 11.4 Å². The van der Waals surface area contributed by atoms with E-state index >= 15 is 0 Å². The topological polar surface area (TPSA) is 123 Å². The Bertz CT molecular complexity index is 1340. The van der Waals surface area contributed by atoms with Crippen LogP contribution in [0.15, 0.2) is 42.5 Å². The molecular formula is C30H35N5O4. The second-order valence-electron chi connectivity index (χ2n) is 11.0. The Hall–Kier alpha value is -4.19. The number of nitrogens with zero attached hydrogens (tertiary/aromatic N) is 3. The van der Waals surface area contributed by atoms with Gasteiger partial charge in [0.2, 0.25) is 23.6 Å². The number of para-hydroxylation sites is 2. The largest absolute Gasteiger partial charge is 0.333 e. The summed E-state index contributed by atoms with van der Waals surface area (Å²) in [4.78, 5) is 55.9. The van der Waals surface area contributed by atoms with Crippen LogP contribution >= 0.6 is 0 Å². The lowest BCUT2D eigenvalue weighted by Gasteiger charge is -2.33. The van der Waals surface area contributed by atoms with Crippen LogP contribution in [0.3, 0.4) is 0 Å². The third-order valence-corrected chi connectivity index (χ3v) is 7.81. The van der Waals surface area contributed by atoms with E-state index in [4.69, 9.17) is 0 Å². The minimum absolute atomic E-state index is 0.0522. The van der Waals surface area contributed by atoms with Crippen LogP contribution in [0.25, 0.3) is 0 Å². The SMILES string of the molecule is Cc1cccc(C)c1NC(=O)CC(=O)N(C)[C@@H](CC(C)C)C(=O)N1C[C@]2(CC1C#N)C(=O)Nc1ccccc12. The van der Waals surface area contributed by atoms with E-state index in [-0.39, 0.29) is 24.8 Å². The molecule has 2 N–H and O–H groups in total. The van der Waals surface area contributed by atoms with Crippen molar-refractivity contribution in [1.29, 1.82) is 5.26 Å². The minimum Gasteiger partial charge on any atom is -0.333 e. The highest BCUT2D eigenvalue weighted by Gasteiger charge is 2.56. The molecule has 2 aliphatic rings. The molecule has 0 aliphatic carbocycles. The van der Waals surface area contributed by atoms with E-state index in [2.05, 4.69) is 16.7 Å². The highest BCUT2D eigenvalue weighted by atomic mass is 16.2. The Balaban J connectivity index is 1.54. The van der Waals surface area contributed by atoms with Crippen molar-refractivity contribution in [2.24, 2.45) is 5.92 Å². The van der Waals surface area contributed by atoms with Gasteiger partial charge in [-0.3, -0.25) is 19.2 Å². The molecule has 3 atom stereocenters. The summed E-state index contributed by atoms with van der Waals surface area (Å²) in [6, 6.07) is 13.5. The average Bonchev–Trinajstić information content (AvgIpc) is 3.42. The molecule has 2 aromatic rings. The van der Waals surface area contributed by atoms with E-state index in [9.17, 15) is 24.4 Å². The average molecular weight is 530 g/mol. The van der Waals surface area contributed by atoms with Crippen molar-refractivity contribution in [2.45, 2.75) is 64.5 Å². The van der Waals surface area contributed by atoms with Gasteiger partial charge in [-0.1, -0.05) is 50.2 Å². The predicted molar refractivity (Wildman–Crippen MR) is 148 cm³/mol. The van der Waals surface area contributed by atoms with Crippen molar-refractivity contribution in [3.05, 3.63) is 59.2 Å². The molecule has 4 amide bonds. The summed E-state index contributed by atoms with van der Waals surface area (Å²) in [5, 5.41) is 15.7. The number of anilines is 2. The summed E-state index contributed by atoms with van der Waals surface area (Å²) in [5.74, 6) is -1.52. The zero-order chi connectivity index (χ0) is 28.5. The van der Waals surface area contributed by atoms with Crippen LogP contribution < -0.4 is 10.6 Å². The number of nitrogens with one attached hydrogen (secondary N) is 2. The van der Waals surface area contributed by atoms with Gasteiger partial charge in [-0.05, 0) is 48.9 Å². The summed E-state index contributed by atoms with van der Waals surface area (Å²) in [6.45, 7) is 7.70. The molecule has 0 saturated carbocycles. The van der Waals surface area contributed by atoms with E-state index in [0.717, 1.165) is 16.7 Å². The number of hydrogen-bond acceptors (Lipinski definition) is 5. The molecule has 9 heteroatoms. The van der Waals surface area contributed by atoms with Crippen molar-refractivity contribution in [3.63, 3.8) is 0 Å². The molecule has 1 spiro atoms. The molecule has 1 fully saturated rings. The van der Waals surface area contributed by atoms with Gasteiger partial charge in [0.05, 0.1) is 11.5 Å². The summed E-state index contributed by atoms with van der Waals surface area (Å²) >= 11 is 0. The molecule has 9 nitrogen and oxygen atoms in total. The number of benzene rings is 2. The summed E-state index contributed by atoms with van der Waals surface area (Å²) in [6.07, 6.45) is 0.111. The number of likely N-dealkylation sites (tertiary alicyclic amines) is 1. The van der Waals surface area contributed by atoms with Gasteiger partial charge in [-0.25, -0.2) is 0 Å². The van der Waals surface area contributed by atoms with Gasteiger partial charge in [0.25, 0.3) is 0 Å². The number of carbonyl (C=O) groups is 4. The fourth-order valence-corrected chi connectivity index (χ4v) is 5.68. The van der Waals surface area contributed by atoms with Gasteiger partial charge in [0.1, 0.15) is 18.5 Å². The van der Waals surface area contributed by atoms with E-state index in [1.54, 1.807) is 0 Å². The molecule has 2 heterocycles. The fourth-order valence-electron chi connectivity index (χ4n) is 5.68. The smallest absolute Gasteiger partial charge is 0.246 e. The molecule has 204 valence electrons. The van der Waals surface area contributed by atoms with Gasteiger partial charge in [-0.2, -0.15) is 5.26 Å². The standard InChI is InChI=1S/C30H35N5O4/c1-18(2)13-24(34(5)26(37)14-25(36)33-27-19(3)9-8-10-20(27)4)28(38)35-17-30(15-21(35)16-31)22-11-6-7-12-23(22)32-29(30)39/h6-12,18,21,24H,13-15,17H2,1-5H3,(H,32,39)(H,33,36)/t21?,24-,30-/m0/s1. The first-order valence-corrected chi connectivity index (χ1v) is 13.2. The first-order chi connectivity index (χ1) is 18.5. The lowest BCUT2D eigenvalue weighted by molar-refractivity contribution is -0.146. The molecule has 39 heavy (non-hydrogen) atoms. The minimum atomic E-state index is -1.01. The Kier molecular flexibility index (Phi) is 7.77. The van der Waals surface area contributed by atoms with Gasteiger partial charge >= 0.3 is 0 Å². The number of likely N-dealkylation sites (N-methyl/N-ethyl adjacent to an activating group) is 1. The predicted octanol–water partition coefficient (Wildman–Crippen LogP) is 3.52. The van der Waals surface area contributed by atoms with Crippen LogP contribution in [-0.4, -0.2) is 59.1 Å². The van der Waals surface area contributed by atoms with Gasteiger partial charge in [0.15, 0.2) is 0 Å². The van der Waals surface area contributed by atoms with E-state index < -0.39 is 41.6 Å².